The molecule has 89 valence electrons. The number of hydrogen-bond acceptors (Lipinski definition) is 2. The summed E-state index contributed by atoms with van der Waals surface area (Å²) in [6.07, 6.45) is 0. The Balaban J connectivity index is 3.00. The summed E-state index contributed by atoms with van der Waals surface area (Å²) in [5, 5.41) is 0. The molecule has 16 heavy (non-hydrogen) atoms. The second-order valence-electron chi connectivity index (χ2n) is 3.96. The molecule has 1 aromatic rings. The minimum atomic E-state index is -3.51. The fourth-order valence-corrected chi connectivity index (χ4v) is 2.84. The van der Waals surface area contributed by atoms with Crippen molar-refractivity contribution in [1.29, 1.82) is 0 Å². The molecule has 1 radical (unpaired) electrons. The Morgan fingerprint density at radius 3 is 2.31 bits per heavy atom. The first-order valence-electron chi connectivity index (χ1n) is 5.13. The Bertz CT molecular complexity index is 455. The van der Waals surface area contributed by atoms with E-state index in [2.05, 4.69) is 4.72 Å². The zero-order valence-electron chi connectivity index (χ0n) is 9.69. The Hall–Kier alpha value is -0.910. The number of sulfonamides is 1. The molecule has 0 amide bonds. The van der Waals surface area contributed by atoms with Crippen molar-refractivity contribution in [2.45, 2.75) is 37.8 Å². The van der Waals surface area contributed by atoms with Crippen LogP contribution >= 0.6 is 0 Å². The topological polar surface area (TPSA) is 70.0 Å². The van der Waals surface area contributed by atoms with Crippen molar-refractivity contribution in [2.24, 2.45) is 0 Å². The van der Waals surface area contributed by atoms with E-state index in [1.165, 1.54) is 0 Å². The summed E-state index contributed by atoms with van der Waals surface area (Å²) >= 11 is 0. The van der Waals surface area contributed by atoms with Crippen LogP contribution in [0.5, 0.6) is 0 Å². The number of hydrogen-bond donors (Lipinski definition) is 1. The monoisotopic (exact) mass is 241 g/mol. The van der Waals surface area contributed by atoms with E-state index < -0.39 is 22.1 Å². The van der Waals surface area contributed by atoms with Crippen LogP contribution in [0.4, 0.5) is 0 Å². The third-order valence-electron chi connectivity index (χ3n) is 2.47. The highest BCUT2D eigenvalue weighted by molar-refractivity contribution is 7.89. The molecule has 0 aliphatic rings. The SMILES string of the molecule is Cc1ccccc1S(=O)(=O)NC(C)C(C)[NH]. The third kappa shape index (κ3) is 3.04. The molecule has 0 fully saturated rings. The molecule has 4 nitrogen and oxygen atoms in total. The number of nitrogens with one attached hydrogen (secondary N) is 2. The summed E-state index contributed by atoms with van der Waals surface area (Å²) in [4.78, 5) is 0.280. The molecule has 5 heteroatoms. The molecule has 0 bridgehead atoms. The molecular weight excluding hydrogens is 224 g/mol. The van der Waals surface area contributed by atoms with Crippen molar-refractivity contribution in [2.75, 3.05) is 0 Å². The van der Waals surface area contributed by atoms with Crippen LogP contribution in [0.25, 0.3) is 0 Å². The second kappa shape index (κ2) is 4.95. The van der Waals surface area contributed by atoms with Crippen LogP contribution in [0.1, 0.15) is 19.4 Å². The van der Waals surface area contributed by atoms with Gasteiger partial charge in [0.2, 0.25) is 10.0 Å². The predicted octanol–water partition coefficient (Wildman–Crippen LogP) is 1.33. The van der Waals surface area contributed by atoms with E-state index in [9.17, 15) is 8.42 Å². The molecule has 2 atom stereocenters. The van der Waals surface area contributed by atoms with Crippen LogP contribution in [0, 0.1) is 6.92 Å². The van der Waals surface area contributed by atoms with Gasteiger partial charge in [-0.05, 0) is 32.4 Å². The largest absolute Gasteiger partial charge is 0.253 e. The molecule has 0 aliphatic carbocycles. The third-order valence-corrected chi connectivity index (χ3v) is 4.19. The first-order valence-corrected chi connectivity index (χ1v) is 6.62. The molecule has 0 saturated carbocycles. The zero-order valence-corrected chi connectivity index (χ0v) is 10.5. The van der Waals surface area contributed by atoms with Crippen molar-refractivity contribution in [3.05, 3.63) is 29.8 Å². The molecule has 0 aromatic heterocycles. The van der Waals surface area contributed by atoms with E-state index in [0.29, 0.717) is 5.56 Å². The molecule has 2 N–H and O–H groups in total. The van der Waals surface area contributed by atoms with E-state index >= 15 is 0 Å². The highest BCUT2D eigenvalue weighted by atomic mass is 32.2. The van der Waals surface area contributed by atoms with Gasteiger partial charge in [-0.25, -0.2) is 13.1 Å². The maximum Gasteiger partial charge on any atom is 0.241 e. The fraction of sp³-hybridized carbons (Fsp3) is 0.455. The lowest BCUT2D eigenvalue weighted by molar-refractivity contribution is 0.515. The van der Waals surface area contributed by atoms with Gasteiger partial charge in [-0.2, -0.15) is 0 Å². The van der Waals surface area contributed by atoms with Gasteiger partial charge in [0, 0.05) is 12.1 Å². The van der Waals surface area contributed by atoms with Crippen molar-refractivity contribution in [1.82, 2.24) is 10.5 Å². The summed E-state index contributed by atoms with van der Waals surface area (Å²) in [7, 11) is -3.51. The quantitative estimate of drug-likeness (QED) is 0.864. The minimum absolute atomic E-state index is 0.280. The molecule has 0 saturated heterocycles. The first-order chi connectivity index (χ1) is 7.34. The van der Waals surface area contributed by atoms with Gasteiger partial charge in [-0.15, -0.1) is 0 Å². The number of benzene rings is 1. The summed E-state index contributed by atoms with van der Waals surface area (Å²) in [6, 6.07) is 5.94. The molecule has 2 unspecified atom stereocenters. The molecule has 0 spiro atoms. The molecule has 1 rings (SSSR count). The van der Waals surface area contributed by atoms with Crippen LogP contribution in [0.3, 0.4) is 0 Å². The van der Waals surface area contributed by atoms with Gasteiger partial charge < -0.3 is 0 Å². The van der Waals surface area contributed by atoms with Gasteiger partial charge >= 0.3 is 0 Å². The number of aryl methyl sites for hydroxylation is 1. The maximum absolute atomic E-state index is 12.0. The van der Waals surface area contributed by atoms with E-state index in [-0.39, 0.29) is 4.90 Å². The lowest BCUT2D eigenvalue weighted by Crippen LogP contribution is -2.40. The van der Waals surface area contributed by atoms with Crippen molar-refractivity contribution in [3.63, 3.8) is 0 Å². The van der Waals surface area contributed by atoms with Gasteiger partial charge in [0.1, 0.15) is 0 Å². The number of rotatable bonds is 4. The zero-order chi connectivity index (χ0) is 12.3. The van der Waals surface area contributed by atoms with Crippen LogP contribution in [0.2, 0.25) is 0 Å². The first kappa shape index (κ1) is 13.2. The fourth-order valence-electron chi connectivity index (χ4n) is 1.27. The summed E-state index contributed by atoms with van der Waals surface area (Å²) < 4.78 is 26.4. The predicted molar refractivity (Wildman–Crippen MR) is 63.5 cm³/mol. The smallest absolute Gasteiger partial charge is 0.241 e. The molecular formula is C11H17N2O2S. The second-order valence-corrected chi connectivity index (χ2v) is 5.65. The van der Waals surface area contributed by atoms with Crippen LogP contribution in [0.15, 0.2) is 29.2 Å². The summed E-state index contributed by atoms with van der Waals surface area (Å²) in [5.74, 6) is 0. The van der Waals surface area contributed by atoms with E-state index in [1.807, 2.05) is 0 Å². The standard InChI is InChI=1S/C11H17N2O2S/c1-8-6-4-5-7-11(8)16(14,15)13-10(3)9(2)12/h4-7,9-10,12-13H,1-3H3. The Kier molecular flexibility index (Phi) is 4.07. The van der Waals surface area contributed by atoms with Crippen molar-refractivity contribution >= 4 is 10.0 Å². The van der Waals surface area contributed by atoms with E-state index in [4.69, 9.17) is 5.73 Å². The normalized spacial score (nSPS) is 15.8. The van der Waals surface area contributed by atoms with Gasteiger partial charge in [-0.3, -0.25) is 5.73 Å². The molecule has 1 aromatic carbocycles. The van der Waals surface area contributed by atoms with E-state index in [1.54, 1.807) is 45.0 Å². The van der Waals surface area contributed by atoms with Gasteiger partial charge in [0.25, 0.3) is 0 Å². The van der Waals surface area contributed by atoms with Gasteiger partial charge in [0.05, 0.1) is 4.90 Å². The maximum atomic E-state index is 12.0. The average Bonchev–Trinajstić information content (AvgIpc) is 2.17. The highest BCUT2D eigenvalue weighted by Crippen LogP contribution is 2.14. The van der Waals surface area contributed by atoms with Crippen LogP contribution in [-0.4, -0.2) is 20.5 Å². The van der Waals surface area contributed by atoms with E-state index in [0.717, 1.165) is 0 Å². The van der Waals surface area contributed by atoms with Crippen LogP contribution < -0.4 is 10.5 Å². The van der Waals surface area contributed by atoms with Gasteiger partial charge in [-0.1, -0.05) is 18.2 Å². The Labute approximate surface area is 96.9 Å². The van der Waals surface area contributed by atoms with Crippen LogP contribution in [-0.2, 0) is 10.0 Å². The van der Waals surface area contributed by atoms with Crippen molar-refractivity contribution in [3.8, 4) is 0 Å². The minimum Gasteiger partial charge on any atom is -0.253 e. The molecule has 0 aliphatic heterocycles. The molecule has 0 heterocycles. The summed E-state index contributed by atoms with van der Waals surface area (Å²) in [6.45, 7) is 5.10. The van der Waals surface area contributed by atoms with Crippen molar-refractivity contribution < 1.29 is 8.42 Å². The highest BCUT2D eigenvalue weighted by Gasteiger charge is 2.20. The lowest BCUT2D eigenvalue weighted by atomic mass is 10.2. The Morgan fingerprint density at radius 2 is 1.81 bits per heavy atom. The summed E-state index contributed by atoms with van der Waals surface area (Å²) in [5.41, 5.74) is 8.16. The van der Waals surface area contributed by atoms with Gasteiger partial charge in [0.15, 0.2) is 0 Å². The lowest BCUT2D eigenvalue weighted by Gasteiger charge is -2.17. The Morgan fingerprint density at radius 1 is 1.25 bits per heavy atom. The average molecular weight is 241 g/mol.